The van der Waals surface area contributed by atoms with E-state index in [1.165, 1.54) is 25.7 Å². The molecular weight excluding hydrogens is 148 g/mol. The first kappa shape index (κ1) is 10.0. The molecule has 1 heteroatoms. The molecule has 1 aliphatic carbocycles. The molecule has 0 aromatic heterocycles. The molecule has 1 rings (SSSR count). The molecule has 0 atom stereocenters. The Hall–Kier alpha value is -0.0400. The average Bonchev–Trinajstić information content (AvgIpc) is 2.05. The molecule has 0 radical (unpaired) electrons. The third-order valence-corrected chi connectivity index (χ3v) is 3.53. The minimum absolute atomic E-state index is 0.0974. The number of hydrogen-bond acceptors (Lipinski definition) is 1. The highest BCUT2D eigenvalue weighted by molar-refractivity contribution is 4.83. The zero-order valence-corrected chi connectivity index (χ0v) is 8.89. The van der Waals surface area contributed by atoms with E-state index in [4.69, 9.17) is 4.74 Å². The molecule has 0 N–H and O–H groups in total. The molecule has 12 heavy (non-hydrogen) atoms. The first-order chi connectivity index (χ1) is 5.56. The van der Waals surface area contributed by atoms with Gasteiger partial charge in [-0.3, -0.25) is 0 Å². The van der Waals surface area contributed by atoms with Crippen LogP contribution in [0.25, 0.3) is 0 Å². The van der Waals surface area contributed by atoms with Crippen molar-refractivity contribution in [2.24, 2.45) is 11.8 Å². The zero-order chi connectivity index (χ0) is 9.19. The van der Waals surface area contributed by atoms with Gasteiger partial charge >= 0.3 is 0 Å². The van der Waals surface area contributed by atoms with Gasteiger partial charge in [-0.05, 0) is 38.5 Å². The summed E-state index contributed by atoms with van der Waals surface area (Å²) in [6.45, 7) is 6.79. The standard InChI is InChI=1S/C11H22O/c1-9-5-7-10(8-6-9)11(2,3)12-4/h9-10H,5-8H2,1-4H3. The van der Waals surface area contributed by atoms with Crippen molar-refractivity contribution in [1.82, 2.24) is 0 Å². The van der Waals surface area contributed by atoms with Crippen LogP contribution < -0.4 is 0 Å². The molecule has 0 aromatic carbocycles. The molecule has 72 valence electrons. The summed E-state index contributed by atoms with van der Waals surface area (Å²) in [5, 5.41) is 0. The summed E-state index contributed by atoms with van der Waals surface area (Å²) in [6, 6.07) is 0. The van der Waals surface area contributed by atoms with Crippen molar-refractivity contribution in [3.05, 3.63) is 0 Å². The lowest BCUT2D eigenvalue weighted by atomic mass is 9.75. The van der Waals surface area contributed by atoms with Crippen molar-refractivity contribution < 1.29 is 4.74 Å². The number of ether oxygens (including phenoxy) is 1. The second-order valence-corrected chi connectivity index (χ2v) is 4.76. The Morgan fingerprint density at radius 1 is 1.08 bits per heavy atom. The molecule has 0 spiro atoms. The molecule has 1 fully saturated rings. The van der Waals surface area contributed by atoms with Crippen molar-refractivity contribution in [2.45, 2.75) is 52.1 Å². The predicted octanol–water partition coefficient (Wildman–Crippen LogP) is 3.24. The van der Waals surface area contributed by atoms with Gasteiger partial charge in [0.2, 0.25) is 0 Å². The Morgan fingerprint density at radius 2 is 1.58 bits per heavy atom. The Bertz CT molecular complexity index is 132. The topological polar surface area (TPSA) is 9.23 Å². The molecule has 1 nitrogen and oxygen atoms in total. The molecule has 0 amide bonds. The minimum Gasteiger partial charge on any atom is -0.379 e. The Kier molecular flexibility index (Phi) is 3.16. The number of hydrogen-bond donors (Lipinski definition) is 0. The van der Waals surface area contributed by atoms with Crippen LogP contribution in [0.1, 0.15) is 46.5 Å². The van der Waals surface area contributed by atoms with E-state index in [0.29, 0.717) is 0 Å². The van der Waals surface area contributed by atoms with Crippen LogP contribution in [0.3, 0.4) is 0 Å². The van der Waals surface area contributed by atoms with Crippen molar-refractivity contribution >= 4 is 0 Å². The molecule has 0 aliphatic heterocycles. The van der Waals surface area contributed by atoms with Gasteiger partial charge in [0.15, 0.2) is 0 Å². The Morgan fingerprint density at radius 3 is 2.00 bits per heavy atom. The van der Waals surface area contributed by atoms with Crippen LogP contribution in [-0.4, -0.2) is 12.7 Å². The maximum atomic E-state index is 5.51. The van der Waals surface area contributed by atoms with E-state index in [2.05, 4.69) is 20.8 Å². The maximum Gasteiger partial charge on any atom is 0.0650 e. The van der Waals surface area contributed by atoms with Crippen LogP contribution in [0.15, 0.2) is 0 Å². The average molecular weight is 170 g/mol. The number of methoxy groups -OCH3 is 1. The first-order valence-corrected chi connectivity index (χ1v) is 5.11. The summed E-state index contributed by atoms with van der Waals surface area (Å²) in [4.78, 5) is 0. The van der Waals surface area contributed by atoms with Crippen LogP contribution in [0, 0.1) is 11.8 Å². The van der Waals surface area contributed by atoms with Gasteiger partial charge < -0.3 is 4.74 Å². The monoisotopic (exact) mass is 170 g/mol. The fourth-order valence-electron chi connectivity index (χ4n) is 2.12. The first-order valence-electron chi connectivity index (χ1n) is 5.11. The second-order valence-electron chi connectivity index (χ2n) is 4.76. The van der Waals surface area contributed by atoms with Gasteiger partial charge in [0.25, 0.3) is 0 Å². The quantitative estimate of drug-likeness (QED) is 0.618. The molecule has 1 saturated carbocycles. The van der Waals surface area contributed by atoms with Crippen LogP contribution in [0.4, 0.5) is 0 Å². The van der Waals surface area contributed by atoms with Gasteiger partial charge in [-0.2, -0.15) is 0 Å². The van der Waals surface area contributed by atoms with Gasteiger partial charge in [-0.25, -0.2) is 0 Å². The minimum atomic E-state index is 0.0974. The molecule has 0 unspecified atom stereocenters. The maximum absolute atomic E-state index is 5.51. The lowest BCUT2D eigenvalue weighted by molar-refractivity contribution is -0.0437. The summed E-state index contributed by atoms with van der Waals surface area (Å²) < 4.78 is 5.51. The highest BCUT2D eigenvalue weighted by Gasteiger charge is 2.31. The van der Waals surface area contributed by atoms with E-state index in [1.807, 2.05) is 7.11 Å². The van der Waals surface area contributed by atoms with Crippen molar-refractivity contribution in [1.29, 1.82) is 0 Å². The van der Waals surface area contributed by atoms with E-state index in [1.54, 1.807) is 0 Å². The Balaban J connectivity index is 2.44. The summed E-state index contributed by atoms with van der Waals surface area (Å²) in [6.07, 6.45) is 5.47. The van der Waals surface area contributed by atoms with Gasteiger partial charge in [-0.1, -0.05) is 19.8 Å². The zero-order valence-electron chi connectivity index (χ0n) is 8.89. The highest BCUT2D eigenvalue weighted by atomic mass is 16.5. The smallest absolute Gasteiger partial charge is 0.0650 e. The highest BCUT2D eigenvalue weighted by Crippen LogP contribution is 2.36. The summed E-state index contributed by atoms with van der Waals surface area (Å²) in [7, 11) is 1.83. The fourth-order valence-corrected chi connectivity index (χ4v) is 2.12. The van der Waals surface area contributed by atoms with E-state index >= 15 is 0 Å². The van der Waals surface area contributed by atoms with E-state index < -0.39 is 0 Å². The third-order valence-electron chi connectivity index (χ3n) is 3.53. The van der Waals surface area contributed by atoms with Crippen molar-refractivity contribution in [3.8, 4) is 0 Å². The molecule has 0 aromatic rings. The fraction of sp³-hybridized carbons (Fsp3) is 1.00. The van der Waals surface area contributed by atoms with Gasteiger partial charge in [0, 0.05) is 7.11 Å². The predicted molar refractivity (Wildman–Crippen MR) is 52.2 cm³/mol. The van der Waals surface area contributed by atoms with Gasteiger partial charge in [0.1, 0.15) is 0 Å². The lowest BCUT2D eigenvalue weighted by Crippen LogP contribution is -2.35. The van der Waals surface area contributed by atoms with Crippen molar-refractivity contribution in [3.63, 3.8) is 0 Å². The van der Waals surface area contributed by atoms with E-state index in [9.17, 15) is 0 Å². The largest absolute Gasteiger partial charge is 0.379 e. The molecular formula is C11H22O. The van der Waals surface area contributed by atoms with E-state index in [0.717, 1.165) is 11.8 Å². The van der Waals surface area contributed by atoms with Crippen LogP contribution >= 0.6 is 0 Å². The summed E-state index contributed by atoms with van der Waals surface area (Å²) >= 11 is 0. The third kappa shape index (κ3) is 2.22. The molecule has 0 bridgehead atoms. The normalized spacial score (nSPS) is 32.0. The van der Waals surface area contributed by atoms with Crippen LogP contribution in [0.2, 0.25) is 0 Å². The Labute approximate surface area is 76.5 Å². The number of rotatable bonds is 2. The molecule has 1 aliphatic rings. The lowest BCUT2D eigenvalue weighted by Gasteiger charge is -2.37. The SMILES string of the molecule is COC(C)(C)C1CCC(C)CC1. The summed E-state index contributed by atoms with van der Waals surface area (Å²) in [5.74, 6) is 1.72. The summed E-state index contributed by atoms with van der Waals surface area (Å²) in [5.41, 5.74) is 0.0974. The van der Waals surface area contributed by atoms with Crippen LogP contribution in [-0.2, 0) is 4.74 Å². The van der Waals surface area contributed by atoms with Gasteiger partial charge in [-0.15, -0.1) is 0 Å². The van der Waals surface area contributed by atoms with Crippen molar-refractivity contribution in [2.75, 3.05) is 7.11 Å². The molecule has 0 heterocycles. The van der Waals surface area contributed by atoms with Crippen LogP contribution in [0.5, 0.6) is 0 Å². The van der Waals surface area contributed by atoms with E-state index in [-0.39, 0.29) is 5.60 Å². The van der Waals surface area contributed by atoms with Gasteiger partial charge in [0.05, 0.1) is 5.60 Å². The second kappa shape index (κ2) is 3.78. The molecule has 0 saturated heterocycles.